The van der Waals surface area contributed by atoms with Crippen LogP contribution in [0.4, 0.5) is 0 Å². The largest absolute Gasteiger partial charge is 0.465 e. The number of ether oxygens (including phenoxy) is 1. The number of carbonyl (C=O) groups is 1. The summed E-state index contributed by atoms with van der Waals surface area (Å²) < 4.78 is 6.07. The number of nitrogens with zero attached hydrogens (tertiary/aromatic N) is 2. The molecule has 16 heavy (non-hydrogen) atoms. The van der Waals surface area contributed by atoms with Crippen LogP contribution in [-0.4, -0.2) is 26.5 Å². The Morgan fingerprint density at radius 1 is 1.75 bits per heavy atom. The van der Waals surface area contributed by atoms with Crippen LogP contribution in [-0.2, 0) is 23.0 Å². The minimum atomic E-state index is -0.899. The van der Waals surface area contributed by atoms with E-state index in [2.05, 4.69) is 4.98 Å². The smallest absolute Gasteiger partial charge is 0.312 e. The summed E-state index contributed by atoms with van der Waals surface area (Å²) in [5.41, 5.74) is 1.02. The second-order valence-electron chi connectivity index (χ2n) is 3.93. The van der Waals surface area contributed by atoms with Gasteiger partial charge in [0, 0.05) is 25.4 Å². The first kappa shape index (κ1) is 11.7. The van der Waals surface area contributed by atoms with Crippen LogP contribution < -0.4 is 0 Å². The molecule has 1 fully saturated rings. The van der Waals surface area contributed by atoms with Gasteiger partial charge < -0.3 is 9.30 Å². The van der Waals surface area contributed by atoms with Gasteiger partial charge in [0.05, 0.1) is 18.9 Å². The molecule has 1 aromatic rings. The predicted octanol–water partition coefficient (Wildman–Crippen LogP) is 1.70. The van der Waals surface area contributed by atoms with Crippen LogP contribution in [0.2, 0.25) is 0 Å². The third-order valence-corrected chi connectivity index (χ3v) is 3.46. The molecule has 0 N–H and O–H groups in total. The average Bonchev–Trinajstić information content (AvgIpc) is 2.65. The Morgan fingerprint density at radius 2 is 2.44 bits per heavy atom. The molecule has 4 nitrogen and oxygen atoms in total. The molecule has 6 heteroatoms. The van der Waals surface area contributed by atoms with Crippen molar-refractivity contribution in [3.63, 3.8) is 0 Å². The van der Waals surface area contributed by atoms with E-state index in [1.54, 1.807) is 12.5 Å². The van der Waals surface area contributed by atoms with Crippen molar-refractivity contribution < 1.29 is 9.53 Å². The molecular formula is C10H12Cl2N2O2. The van der Waals surface area contributed by atoms with Crippen LogP contribution in [0.25, 0.3) is 0 Å². The summed E-state index contributed by atoms with van der Waals surface area (Å²) >= 11 is 11.5. The third-order valence-electron chi connectivity index (χ3n) is 2.63. The van der Waals surface area contributed by atoms with E-state index in [-0.39, 0.29) is 11.9 Å². The molecule has 1 aliphatic rings. The lowest BCUT2D eigenvalue weighted by molar-refractivity contribution is -0.145. The highest BCUT2D eigenvalue weighted by atomic mass is 35.5. The molecular weight excluding hydrogens is 251 g/mol. The summed E-state index contributed by atoms with van der Waals surface area (Å²) in [6.07, 6.45) is 4.59. The van der Waals surface area contributed by atoms with Crippen molar-refractivity contribution in [2.45, 2.75) is 17.2 Å². The highest BCUT2D eigenvalue weighted by molar-refractivity contribution is 6.52. The summed E-state index contributed by atoms with van der Waals surface area (Å²) in [5, 5.41) is 0. The summed E-state index contributed by atoms with van der Waals surface area (Å²) in [6.45, 7) is 0.332. The standard InChI is InChI=1S/C10H12Cl2N2O2/c1-14-6-13-5-7(14)2-3-16-9(15)8-4-10(8,11)12/h5-6,8H,2-4H2,1H3/t8-/m0/s1. The van der Waals surface area contributed by atoms with Crippen LogP contribution in [0, 0.1) is 5.92 Å². The predicted molar refractivity (Wildman–Crippen MR) is 60.4 cm³/mol. The van der Waals surface area contributed by atoms with Gasteiger partial charge in [-0.05, 0) is 6.42 Å². The SMILES string of the molecule is Cn1cncc1CCOC(=O)[C@@H]1CC1(Cl)Cl. The quantitative estimate of drug-likeness (QED) is 0.613. The third kappa shape index (κ3) is 2.50. The molecule has 1 aromatic heterocycles. The molecule has 0 aliphatic heterocycles. The van der Waals surface area contributed by atoms with Crippen molar-refractivity contribution in [1.29, 1.82) is 0 Å². The van der Waals surface area contributed by atoms with E-state index in [1.807, 2.05) is 11.6 Å². The maximum atomic E-state index is 11.4. The second kappa shape index (κ2) is 4.26. The number of hydrogen-bond donors (Lipinski definition) is 0. The van der Waals surface area contributed by atoms with Gasteiger partial charge in [-0.25, -0.2) is 4.98 Å². The minimum absolute atomic E-state index is 0.313. The maximum Gasteiger partial charge on any atom is 0.312 e. The van der Waals surface area contributed by atoms with Gasteiger partial charge in [-0.15, -0.1) is 23.2 Å². The normalized spacial score (nSPS) is 21.8. The topological polar surface area (TPSA) is 44.1 Å². The fraction of sp³-hybridized carbons (Fsp3) is 0.600. The molecule has 0 spiro atoms. The van der Waals surface area contributed by atoms with E-state index >= 15 is 0 Å². The van der Waals surface area contributed by atoms with E-state index in [0.717, 1.165) is 5.69 Å². The summed E-state index contributed by atoms with van der Waals surface area (Å²) in [6, 6.07) is 0. The maximum absolute atomic E-state index is 11.4. The molecule has 0 saturated heterocycles. The van der Waals surface area contributed by atoms with Crippen LogP contribution in [0.3, 0.4) is 0 Å². The fourth-order valence-corrected chi connectivity index (χ4v) is 1.94. The Morgan fingerprint density at radius 3 is 2.94 bits per heavy atom. The van der Waals surface area contributed by atoms with E-state index in [1.165, 1.54) is 0 Å². The lowest BCUT2D eigenvalue weighted by Gasteiger charge is -2.05. The number of imidazole rings is 1. The van der Waals surface area contributed by atoms with Gasteiger partial charge in [-0.1, -0.05) is 0 Å². The Kier molecular flexibility index (Phi) is 3.13. The summed E-state index contributed by atoms with van der Waals surface area (Å²) in [7, 11) is 1.90. The first-order valence-electron chi connectivity index (χ1n) is 5.00. The molecule has 0 unspecified atom stereocenters. The molecule has 1 heterocycles. The first-order valence-corrected chi connectivity index (χ1v) is 5.76. The zero-order chi connectivity index (χ0) is 11.8. The monoisotopic (exact) mass is 262 g/mol. The second-order valence-corrected chi connectivity index (χ2v) is 5.47. The average molecular weight is 263 g/mol. The van der Waals surface area contributed by atoms with Crippen LogP contribution in [0.1, 0.15) is 12.1 Å². The minimum Gasteiger partial charge on any atom is -0.465 e. The lowest BCUT2D eigenvalue weighted by Crippen LogP contribution is -2.13. The molecule has 0 radical (unpaired) electrons. The number of rotatable bonds is 4. The van der Waals surface area contributed by atoms with Gasteiger partial charge in [-0.3, -0.25) is 4.79 Å². The number of carbonyl (C=O) groups excluding carboxylic acids is 1. The van der Waals surface area contributed by atoms with Crippen LogP contribution in [0.5, 0.6) is 0 Å². The van der Waals surface area contributed by atoms with E-state index in [9.17, 15) is 4.79 Å². The van der Waals surface area contributed by atoms with Crippen molar-refractivity contribution in [3.8, 4) is 0 Å². The summed E-state index contributed by atoms with van der Waals surface area (Å²) in [4.78, 5) is 15.4. The number of aryl methyl sites for hydroxylation is 1. The highest BCUT2D eigenvalue weighted by Gasteiger charge is 2.57. The van der Waals surface area contributed by atoms with Crippen molar-refractivity contribution >= 4 is 29.2 Å². The van der Waals surface area contributed by atoms with Crippen LogP contribution in [0.15, 0.2) is 12.5 Å². The van der Waals surface area contributed by atoms with E-state index in [4.69, 9.17) is 27.9 Å². The number of alkyl halides is 2. The van der Waals surface area contributed by atoms with Crippen molar-refractivity contribution in [2.24, 2.45) is 13.0 Å². The molecule has 1 atom stereocenters. The van der Waals surface area contributed by atoms with Gasteiger partial charge in [-0.2, -0.15) is 0 Å². The van der Waals surface area contributed by atoms with Crippen LogP contribution >= 0.6 is 23.2 Å². The van der Waals surface area contributed by atoms with Gasteiger partial charge in [0.2, 0.25) is 0 Å². The van der Waals surface area contributed by atoms with E-state index < -0.39 is 4.33 Å². The molecule has 0 bridgehead atoms. The fourth-order valence-electron chi connectivity index (χ4n) is 1.45. The van der Waals surface area contributed by atoms with Crippen molar-refractivity contribution in [1.82, 2.24) is 9.55 Å². The summed E-state index contributed by atoms with van der Waals surface area (Å²) in [5.74, 6) is -0.672. The molecule has 1 aliphatic carbocycles. The number of hydrogen-bond acceptors (Lipinski definition) is 3. The Balaban J connectivity index is 1.73. The molecule has 88 valence electrons. The molecule has 2 rings (SSSR count). The number of halogens is 2. The molecule has 0 aromatic carbocycles. The van der Waals surface area contributed by atoms with E-state index in [0.29, 0.717) is 19.4 Å². The Bertz CT molecular complexity index is 403. The first-order chi connectivity index (χ1) is 7.50. The molecule has 1 saturated carbocycles. The van der Waals surface area contributed by atoms with Crippen molar-refractivity contribution in [3.05, 3.63) is 18.2 Å². The van der Waals surface area contributed by atoms with Gasteiger partial charge in [0.25, 0.3) is 0 Å². The van der Waals surface area contributed by atoms with Gasteiger partial charge >= 0.3 is 5.97 Å². The zero-order valence-corrected chi connectivity index (χ0v) is 10.3. The van der Waals surface area contributed by atoms with Gasteiger partial charge in [0.1, 0.15) is 4.33 Å². The lowest BCUT2D eigenvalue weighted by atomic mass is 10.3. The Hall–Kier alpha value is -0.740. The zero-order valence-electron chi connectivity index (χ0n) is 8.82. The van der Waals surface area contributed by atoms with Crippen molar-refractivity contribution in [2.75, 3.05) is 6.61 Å². The molecule has 0 amide bonds. The van der Waals surface area contributed by atoms with Gasteiger partial charge in [0.15, 0.2) is 0 Å². The Labute approximate surface area is 104 Å². The number of esters is 1. The number of aromatic nitrogens is 2. The highest BCUT2D eigenvalue weighted by Crippen LogP contribution is 2.53.